The van der Waals surface area contributed by atoms with Crippen LogP contribution in [0, 0.1) is 0 Å². The Balaban J connectivity index is 1.45. The number of amides is 2. The second-order valence-electron chi connectivity index (χ2n) is 7.18. The molecule has 8 nitrogen and oxygen atoms in total. The van der Waals surface area contributed by atoms with Crippen LogP contribution in [-0.4, -0.2) is 36.6 Å². The summed E-state index contributed by atoms with van der Waals surface area (Å²) in [5.41, 5.74) is 1.49. The Kier molecular flexibility index (Phi) is 7.34. The molecule has 2 N–H and O–H groups in total. The topological polar surface area (TPSA) is 94.6 Å². The molecule has 0 radical (unpaired) electrons. The molecule has 1 heterocycles. The van der Waals surface area contributed by atoms with Gasteiger partial charge in [0.05, 0.1) is 19.7 Å². The number of halogens is 3. The summed E-state index contributed by atoms with van der Waals surface area (Å²) in [6, 6.07) is 14.9. The number of nitrogens with zero attached hydrogens (tertiary/aromatic N) is 2. The summed E-state index contributed by atoms with van der Waals surface area (Å²) in [7, 11) is 3.09. The molecule has 0 fully saturated rings. The minimum atomic E-state index is -4.79. The van der Waals surface area contributed by atoms with Gasteiger partial charge in [0.25, 0.3) is 0 Å². The van der Waals surface area contributed by atoms with Gasteiger partial charge >= 0.3 is 12.4 Å². The van der Waals surface area contributed by atoms with E-state index in [0.29, 0.717) is 33.4 Å². The molecule has 0 spiro atoms. The first kappa shape index (κ1) is 24.9. The number of aromatic nitrogens is 2. The van der Waals surface area contributed by atoms with Crippen molar-refractivity contribution in [1.29, 1.82) is 0 Å². The number of carbonyl (C=O) groups is 1. The van der Waals surface area contributed by atoms with Crippen LogP contribution in [-0.2, 0) is 0 Å². The maximum atomic E-state index is 12.4. The molecule has 1 aromatic heterocycles. The van der Waals surface area contributed by atoms with Crippen LogP contribution in [0.15, 0.2) is 76.9 Å². The second kappa shape index (κ2) is 10.6. The van der Waals surface area contributed by atoms with Gasteiger partial charge in [0, 0.05) is 27.7 Å². The summed E-state index contributed by atoms with van der Waals surface area (Å²) < 4.78 is 51.4. The molecule has 0 bridgehead atoms. The molecule has 0 aliphatic rings. The Morgan fingerprint density at radius 3 is 2.28 bits per heavy atom. The average Bonchev–Trinajstić information content (AvgIpc) is 2.84. The third-order valence-electron chi connectivity index (χ3n) is 4.76. The highest BCUT2D eigenvalue weighted by molar-refractivity contribution is 7.99. The van der Waals surface area contributed by atoms with E-state index in [1.807, 2.05) is 6.07 Å². The zero-order valence-corrected chi connectivity index (χ0v) is 19.7. The third kappa shape index (κ3) is 6.27. The second-order valence-corrected chi connectivity index (χ2v) is 8.25. The van der Waals surface area contributed by atoms with Crippen molar-refractivity contribution in [1.82, 2.24) is 9.97 Å². The van der Waals surface area contributed by atoms with Gasteiger partial charge in [0.1, 0.15) is 17.1 Å². The van der Waals surface area contributed by atoms with Crippen molar-refractivity contribution in [3.8, 4) is 17.2 Å². The standard InChI is InChI=1S/C24H19F3N4O4S/c1-33-20-11-18-19(12-21(20)34-2)28-13-29-22(18)36-17-5-3-4-15(10-17)31-23(32)30-14-6-8-16(9-7-14)35-24(25,26)27/h3-13H,1-2H3,(H2,30,31,32). The van der Waals surface area contributed by atoms with Crippen molar-refractivity contribution in [2.75, 3.05) is 24.9 Å². The minimum absolute atomic E-state index is 0.296. The molecule has 4 rings (SSSR count). The van der Waals surface area contributed by atoms with E-state index in [0.717, 1.165) is 22.4 Å². The number of carbonyl (C=O) groups excluding carboxylic acids is 1. The Bertz CT molecular complexity index is 1380. The zero-order chi connectivity index (χ0) is 25.7. The van der Waals surface area contributed by atoms with Crippen LogP contribution < -0.4 is 24.8 Å². The summed E-state index contributed by atoms with van der Waals surface area (Å²) in [4.78, 5) is 21.9. The van der Waals surface area contributed by atoms with E-state index in [2.05, 4.69) is 25.3 Å². The van der Waals surface area contributed by atoms with Gasteiger partial charge in [-0.15, -0.1) is 13.2 Å². The molecule has 0 atom stereocenters. The van der Waals surface area contributed by atoms with Crippen molar-refractivity contribution in [3.63, 3.8) is 0 Å². The summed E-state index contributed by atoms with van der Waals surface area (Å²) in [6.07, 6.45) is -3.33. The van der Waals surface area contributed by atoms with Gasteiger partial charge in [-0.1, -0.05) is 17.8 Å². The monoisotopic (exact) mass is 516 g/mol. The van der Waals surface area contributed by atoms with Gasteiger partial charge in [-0.05, 0) is 48.5 Å². The van der Waals surface area contributed by atoms with E-state index in [4.69, 9.17) is 9.47 Å². The summed E-state index contributed by atoms with van der Waals surface area (Å²) in [5.74, 6) is 0.720. The lowest BCUT2D eigenvalue weighted by molar-refractivity contribution is -0.274. The van der Waals surface area contributed by atoms with E-state index < -0.39 is 12.4 Å². The van der Waals surface area contributed by atoms with E-state index >= 15 is 0 Å². The zero-order valence-electron chi connectivity index (χ0n) is 18.9. The van der Waals surface area contributed by atoms with Gasteiger partial charge in [0.2, 0.25) is 0 Å². The third-order valence-corrected chi connectivity index (χ3v) is 5.76. The largest absolute Gasteiger partial charge is 0.573 e. The Labute approximate surface area is 207 Å². The predicted octanol–water partition coefficient (Wildman–Crippen LogP) is 6.34. The normalized spacial score (nSPS) is 11.1. The molecule has 36 heavy (non-hydrogen) atoms. The number of methoxy groups -OCH3 is 2. The highest BCUT2D eigenvalue weighted by Gasteiger charge is 2.31. The number of fused-ring (bicyclic) bond motifs is 1. The van der Waals surface area contributed by atoms with Crippen molar-refractivity contribution in [2.24, 2.45) is 0 Å². The van der Waals surface area contributed by atoms with Crippen molar-refractivity contribution in [3.05, 3.63) is 67.0 Å². The van der Waals surface area contributed by atoms with Crippen molar-refractivity contribution in [2.45, 2.75) is 16.3 Å². The highest BCUT2D eigenvalue weighted by atomic mass is 32.2. The first-order chi connectivity index (χ1) is 17.2. The predicted molar refractivity (Wildman–Crippen MR) is 129 cm³/mol. The van der Waals surface area contributed by atoms with Gasteiger partial charge < -0.3 is 24.8 Å². The molecular formula is C24H19F3N4O4S. The summed E-state index contributed by atoms with van der Waals surface area (Å²) in [5, 5.41) is 6.71. The smallest absolute Gasteiger partial charge is 0.493 e. The SMILES string of the molecule is COc1cc2ncnc(Sc3cccc(NC(=O)Nc4ccc(OC(F)(F)F)cc4)c3)c2cc1OC. The maximum absolute atomic E-state index is 12.4. The van der Waals surface area contributed by atoms with Crippen LogP contribution >= 0.6 is 11.8 Å². The molecule has 4 aromatic rings. The molecule has 3 aromatic carbocycles. The van der Waals surface area contributed by atoms with Gasteiger partial charge in [-0.2, -0.15) is 0 Å². The van der Waals surface area contributed by atoms with Crippen LogP contribution in [0.1, 0.15) is 0 Å². The van der Waals surface area contributed by atoms with Crippen LogP contribution in [0.25, 0.3) is 10.9 Å². The highest BCUT2D eigenvalue weighted by Crippen LogP contribution is 2.37. The van der Waals surface area contributed by atoms with Crippen LogP contribution in [0.2, 0.25) is 0 Å². The lowest BCUT2D eigenvalue weighted by atomic mass is 10.2. The molecule has 186 valence electrons. The summed E-state index contributed by atoms with van der Waals surface area (Å²) >= 11 is 1.38. The first-order valence-corrected chi connectivity index (χ1v) is 11.1. The van der Waals surface area contributed by atoms with Crippen molar-refractivity contribution >= 4 is 40.1 Å². The number of rotatable bonds is 7. The fraction of sp³-hybridized carbons (Fsp3) is 0.125. The molecule has 0 saturated heterocycles. The fourth-order valence-electron chi connectivity index (χ4n) is 3.22. The van der Waals surface area contributed by atoms with Crippen LogP contribution in [0.5, 0.6) is 17.2 Å². The minimum Gasteiger partial charge on any atom is -0.493 e. The van der Waals surface area contributed by atoms with Crippen LogP contribution in [0.3, 0.4) is 0 Å². The average molecular weight is 517 g/mol. The summed E-state index contributed by atoms with van der Waals surface area (Å²) in [6.45, 7) is 0. The number of urea groups is 1. The Hall–Kier alpha value is -4.19. The molecule has 0 unspecified atom stereocenters. The number of ether oxygens (including phenoxy) is 3. The number of benzene rings is 3. The molecule has 0 aliphatic heterocycles. The van der Waals surface area contributed by atoms with E-state index in [1.54, 1.807) is 44.6 Å². The lowest BCUT2D eigenvalue weighted by Crippen LogP contribution is -2.19. The first-order valence-electron chi connectivity index (χ1n) is 10.3. The van der Waals surface area contributed by atoms with Crippen LogP contribution in [0.4, 0.5) is 29.3 Å². The number of hydrogen-bond donors (Lipinski definition) is 2. The molecular weight excluding hydrogens is 497 g/mol. The lowest BCUT2D eigenvalue weighted by Gasteiger charge is -2.12. The fourth-order valence-corrected chi connectivity index (χ4v) is 4.15. The molecule has 0 aliphatic carbocycles. The number of nitrogens with one attached hydrogen (secondary N) is 2. The maximum Gasteiger partial charge on any atom is 0.573 e. The quantitative estimate of drug-likeness (QED) is 0.277. The van der Waals surface area contributed by atoms with Gasteiger partial charge in [-0.3, -0.25) is 0 Å². The van der Waals surface area contributed by atoms with Crippen molar-refractivity contribution < 1.29 is 32.2 Å². The molecule has 12 heteroatoms. The number of hydrogen-bond acceptors (Lipinski definition) is 7. The van der Waals surface area contributed by atoms with E-state index in [1.165, 1.54) is 30.2 Å². The molecule has 0 saturated carbocycles. The van der Waals surface area contributed by atoms with E-state index in [9.17, 15) is 18.0 Å². The Morgan fingerprint density at radius 1 is 0.889 bits per heavy atom. The Morgan fingerprint density at radius 2 is 1.58 bits per heavy atom. The number of anilines is 2. The van der Waals surface area contributed by atoms with Gasteiger partial charge in [0.15, 0.2) is 11.5 Å². The van der Waals surface area contributed by atoms with Gasteiger partial charge in [-0.25, -0.2) is 14.8 Å². The molecule has 2 amide bonds. The number of alkyl halides is 3. The van der Waals surface area contributed by atoms with E-state index in [-0.39, 0.29) is 5.75 Å².